The number of carbonyl (C=O) groups excluding carboxylic acids is 2. The molecule has 0 aliphatic carbocycles. The van der Waals surface area contributed by atoms with Gasteiger partial charge in [-0.05, 0) is 30.5 Å². The van der Waals surface area contributed by atoms with Crippen LogP contribution in [0.2, 0.25) is 0 Å². The Kier molecular flexibility index (Phi) is 5.33. The second-order valence-corrected chi connectivity index (χ2v) is 5.39. The van der Waals surface area contributed by atoms with Crippen molar-refractivity contribution in [2.24, 2.45) is 0 Å². The quantitative estimate of drug-likeness (QED) is 0.884. The standard InChI is InChI=1S/C16H22N2O3/c1-2-15(20)17-13-5-3-12(4-6-13)11-16(21)18-9-7-14(19)8-10-18/h3-6,14,19H,2,7-11H2,1H3,(H,17,20). The summed E-state index contributed by atoms with van der Waals surface area (Å²) < 4.78 is 0. The average molecular weight is 290 g/mol. The molecule has 5 nitrogen and oxygen atoms in total. The van der Waals surface area contributed by atoms with Crippen LogP contribution in [-0.2, 0) is 16.0 Å². The molecule has 1 heterocycles. The van der Waals surface area contributed by atoms with Crippen molar-refractivity contribution in [3.8, 4) is 0 Å². The van der Waals surface area contributed by atoms with Crippen LogP contribution in [0.1, 0.15) is 31.7 Å². The van der Waals surface area contributed by atoms with E-state index >= 15 is 0 Å². The molecule has 5 heteroatoms. The number of amides is 2. The molecule has 0 unspecified atom stereocenters. The minimum absolute atomic E-state index is 0.0225. The number of hydrogen-bond acceptors (Lipinski definition) is 3. The predicted molar refractivity (Wildman–Crippen MR) is 80.9 cm³/mol. The molecule has 0 aromatic heterocycles. The van der Waals surface area contributed by atoms with Gasteiger partial charge in [-0.2, -0.15) is 0 Å². The zero-order valence-corrected chi connectivity index (χ0v) is 12.3. The summed E-state index contributed by atoms with van der Waals surface area (Å²) in [7, 11) is 0. The van der Waals surface area contributed by atoms with Crippen LogP contribution in [0.15, 0.2) is 24.3 Å². The lowest BCUT2D eigenvalue weighted by atomic mass is 10.1. The maximum absolute atomic E-state index is 12.2. The second-order valence-electron chi connectivity index (χ2n) is 5.39. The van der Waals surface area contributed by atoms with Crippen LogP contribution in [0, 0.1) is 0 Å². The summed E-state index contributed by atoms with van der Waals surface area (Å²) >= 11 is 0. The van der Waals surface area contributed by atoms with E-state index < -0.39 is 0 Å². The van der Waals surface area contributed by atoms with Crippen molar-refractivity contribution in [2.45, 2.75) is 38.7 Å². The van der Waals surface area contributed by atoms with E-state index in [4.69, 9.17) is 0 Å². The molecule has 0 bridgehead atoms. The van der Waals surface area contributed by atoms with E-state index in [1.54, 1.807) is 11.8 Å². The number of aliphatic hydroxyl groups is 1. The molecule has 0 radical (unpaired) electrons. The van der Waals surface area contributed by atoms with Crippen LogP contribution in [0.5, 0.6) is 0 Å². The van der Waals surface area contributed by atoms with Crippen LogP contribution >= 0.6 is 0 Å². The minimum Gasteiger partial charge on any atom is -0.393 e. The van der Waals surface area contributed by atoms with E-state index in [0.29, 0.717) is 38.8 Å². The molecule has 0 saturated carbocycles. The van der Waals surface area contributed by atoms with Gasteiger partial charge >= 0.3 is 0 Å². The highest BCUT2D eigenvalue weighted by atomic mass is 16.3. The molecule has 1 aliphatic heterocycles. The van der Waals surface area contributed by atoms with Gasteiger partial charge in [0.05, 0.1) is 12.5 Å². The van der Waals surface area contributed by atoms with E-state index in [2.05, 4.69) is 5.32 Å². The first-order chi connectivity index (χ1) is 10.1. The third-order valence-electron chi connectivity index (χ3n) is 3.73. The van der Waals surface area contributed by atoms with Crippen LogP contribution < -0.4 is 5.32 Å². The lowest BCUT2D eigenvalue weighted by Gasteiger charge is -2.29. The van der Waals surface area contributed by atoms with Gasteiger partial charge in [-0.1, -0.05) is 19.1 Å². The number of piperidine rings is 1. The molecule has 21 heavy (non-hydrogen) atoms. The maximum atomic E-state index is 12.2. The fourth-order valence-electron chi connectivity index (χ4n) is 2.36. The lowest BCUT2D eigenvalue weighted by Crippen LogP contribution is -2.40. The topological polar surface area (TPSA) is 69.6 Å². The number of nitrogens with one attached hydrogen (secondary N) is 1. The summed E-state index contributed by atoms with van der Waals surface area (Å²) in [6, 6.07) is 7.36. The number of likely N-dealkylation sites (tertiary alicyclic amines) is 1. The molecule has 1 aliphatic rings. The SMILES string of the molecule is CCC(=O)Nc1ccc(CC(=O)N2CCC(O)CC2)cc1. The number of anilines is 1. The molecule has 1 fully saturated rings. The first-order valence-electron chi connectivity index (χ1n) is 7.43. The highest BCUT2D eigenvalue weighted by molar-refractivity contribution is 5.90. The third kappa shape index (κ3) is 4.56. The smallest absolute Gasteiger partial charge is 0.226 e. The van der Waals surface area contributed by atoms with Crippen LogP contribution in [0.3, 0.4) is 0 Å². The summed E-state index contributed by atoms with van der Waals surface area (Å²) in [5.74, 6) is 0.0675. The Labute approximate surface area is 125 Å². The fraction of sp³-hybridized carbons (Fsp3) is 0.500. The van der Waals surface area contributed by atoms with Crippen LogP contribution in [0.4, 0.5) is 5.69 Å². The average Bonchev–Trinajstić information content (AvgIpc) is 2.49. The van der Waals surface area contributed by atoms with E-state index in [9.17, 15) is 14.7 Å². The molecule has 114 valence electrons. The van der Waals surface area contributed by atoms with Gasteiger partial charge in [0.1, 0.15) is 0 Å². The predicted octanol–water partition coefficient (Wildman–Crippen LogP) is 1.56. The third-order valence-corrected chi connectivity index (χ3v) is 3.73. The summed E-state index contributed by atoms with van der Waals surface area (Å²) in [5, 5.41) is 12.2. The van der Waals surface area contributed by atoms with E-state index in [1.165, 1.54) is 0 Å². The number of benzene rings is 1. The molecule has 1 saturated heterocycles. The highest BCUT2D eigenvalue weighted by Crippen LogP contribution is 2.14. The zero-order valence-electron chi connectivity index (χ0n) is 12.3. The molecular weight excluding hydrogens is 268 g/mol. The Balaban J connectivity index is 1.88. The Morgan fingerprint density at radius 3 is 2.43 bits per heavy atom. The Morgan fingerprint density at radius 1 is 1.24 bits per heavy atom. The van der Waals surface area contributed by atoms with E-state index in [0.717, 1.165) is 11.3 Å². The van der Waals surface area contributed by atoms with Gasteiger partial charge in [0.15, 0.2) is 0 Å². The summed E-state index contributed by atoms with van der Waals surface area (Å²) in [6.45, 7) is 3.06. The normalized spacial score (nSPS) is 15.8. The minimum atomic E-state index is -0.268. The number of hydrogen-bond donors (Lipinski definition) is 2. The number of aliphatic hydroxyl groups excluding tert-OH is 1. The van der Waals surface area contributed by atoms with Crippen LogP contribution in [0.25, 0.3) is 0 Å². The van der Waals surface area contributed by atoms with Crippen molar-refractivity contribution in [2.75, 3.05) is 18.4 Å². The van der Waals surface area contributed by atoms with Gasteiger partial charge in [0.25, 0.3) is 0 Å². The second kappa shape index (κ2) is 7.22. The van der Waals surface area contributed by atoms with Gasteiger partial charge in [-0.15, -0.1) is 0 Å². The van der Waals surface area contributed by atoms with E-state index in [-0.39, 0.29) is 17.9 Å². The van der Waals surface area contributed by atoms with Crippen molar-refractivity contribution >= 4 is 17.5 Å². The summed E-state index contributed by atoms with van der Waals surface area (Å²) in [4.78, 5) is 25.2. The molecular formula is C16H22N2O3. The summed E-state index contributed by atoms with van der Waals surface area (Å²) in [5.41, 5.74) is 1.68. The first-order valence-corrected chi connectivity index (χ1v) is 7.43. The Hall–Kier alpha value is -1.88. The number of nitrogens with zero attached hydrogens (tertiary/aromatic N) is 1. The monoisotopic (exact) mass is 290 g/mol. The highest BCUT2D eigenvalue weighted by Gasteiger charge is 2.21. The van der Waals surface area contributed by atoms with Crippen molar-refractivity contribution in [3.05, 3.63) is 29.8 Å². The van der Waals surface area contributed by atoms with Gasteiger partial charge in [-0.3, -0.25) is 9.59 Å². The lowest BCUT2D eigenvalue weighted by molar-refractivity contribution is -0.132. The molecule has 1 aromatic rings. The maximum Gasteiger partial charge on any atom is 0.226 e. The summed E-state index contributed by atoms with van der Waals surface area (Å²) in [6.07, 6.45) is 1.86. The van der Waals surface area contributed by atoms with Gasteiger partial charge in [-0.25, -0.2) is 0 Å². The van der Waals surface area contributed by atoms with Crippen molar-refractivity contribution < 1.29 is 14.7 Å². The molecule has 2 N–H and O–H groups in total. The first kappa shape index (κ1) is 15.5. The van der Waals surface area contributed by atoms with Gasteiger partial charge < -0.3 is 15.3 Å². The Bertz CT molecular complexity index is 491. The van der Waals surface area contributed by atoms with Crippen molar-refractivity contribution in [3.63, 3.8) is 0 Å². The number of rotatable bonds is 4. The molecule has 2 amide bonds. The van der Waals surface area contributed by atoms with Crippen molar-refractivity contribution in [1.82, 2.24) is 4.90 Å². The molecule has 1 aromatic carbocycles. The Morgan fingerprint density at radius 2 is 1.86 bits per heavy atom. The zero-order chi connectivity index (χ0) is 15.2. The van der Waals surface area contributed by atoms with Crippen LogP contribution in [-0.4, -0.2) is 41.0 Å². The van der Waals surface area contributed by atoms with Gasteiger partial charge in [0, 0.05) is 25.2 Å². The molecule has 0 spiro atoms. The van der Waals surface area contributed by atoms with E-state index in [1.807, 2.05) is 24.3 Å². The van der Waals surface area contributed by atoms with Gasteiger partial charge in [0.2, 0.25) is 11.8 Å². The number of carbonyl (C=O) groups is 2. The fourth-order valence-corrected chi connectivity index (χ4v) is 2.36. The molecule has 0 atom stereocenters. The van der Waals surface area contributed by atoms with Crippen molar-refractivity contribution in [1.29, 1.82) is 0 Å². The molecule has 2 rings (SSSR count). The largest absolute Gasteiger partial charge is 0.393 e.